The summed E-state index contributed by atoms with van der Waals surface area (Å²) < 4.78 is 5.81. The molecule has 0 bridgehead atoms. The number of hydrogen-bond acceptors (Lipinski definition) is 6. The summed E-state index contributed by atoms with van der Waals surface area (Å²) in [4.78, 5) is 24.6. The predicted octanol–water partition coefficient (Wildman–Crippen LogP) is 6.15. The molecule has 0 aliphatic rings. The highest BCUT2D eigenvalue weighted by Crippen LogP contribution is 2.34. The summed E-state index contributed by atoms with van der Waals surface area (Å²) in [6.45, 7) is 3.51. The van der Waals surface area contributed by atoms with Crippen LogP contribution in [0.5, 0.6) is 11.6 Å². The summed E-state index contributed by atoms with van der Waals surface area (Å²) in [5.41, 5.74) is 5.73. The second-order valence-electron chi connectivity index (χ2n) is 7.88. The maximum Gasteiger partial charge on any atom is 0.247 e. The number of nitrogens with one attached hydrogen (secondary N) is 1. The molecule has 0 saturated carbocycles. The van der Waals surface area contributed by atoms with Crippen molar-refractivity contribution in [2.75, 3.05) is 5.32 Å². The summed E-state index contributed by atoms with van der Waals surface area (Å²) >= 11 is 0. The van der Waals surface area contributed by atoms with E-state index in [0.717, 1.165) is 33.2 Å². The molecule has 5 rings (SSSR count). The average Bonchev–Trinajstić information content (AvgIpc) is 2.93. The Hall–Kier alpha value is -5.35. The van der Waals surface area contributed by atoms with E-state index in [1.165, 1.54) is 12.4 Å². The average molecular weight is 470 g/mol. The minimum Gasteiger partial charge on any atom is -0.439 e. The molecule has 3 aromatic carbocycles. The Morgan fingerprint density at radius 1 is 0.972 bits per heavy atom. The van der Waals surface area contributed by atoms with Gasteiger partial charge in [-0.25, -0.2) is 15.0 Å². The third kappa shape index (κ3) is 4.79. The van der Waals surface area contributed by atoms with Crippen molar-refractivity contribution < 1.29 is 9.53 Å². The van der Waals surface area contributed by atoms with Gasteiger partial charge in [-0.05, 0) is 65.2 Å². The Morgan fingerprint density at radius 3 is 2.64 bits per heavy atom. The highest BCUT2D eigenvalue weighted by molar-refractivity contribution is 6.01. The molecule has 0 radical (unpaired) electrons. The lowest BCUT2D eigenvalue weighted by atomic mass is 9.96. The Balaban J connectivity index is 1.51. The van der Waals surface area contributed by atoms with E-state index >= 15 is 0 Å². The lowest BCUT2D eigenvalue weighted by molar-refractivity contribution is -0.111. The molecule has 0 atom stereocenters. The van der Waals surface area contributed by atoms with Crippen molar-refractivity contribution >= 4 is 22.5 Å². The zero-order valence-corrected chi connectivity index (χ0v) is 19.1. The van der Waals surface area contributed by atoms with Gasteiger partial charge in [-0.1, -0.05) is 30.8 Å². The first-order valence-electron chi connectivity index (χ1n) is 11.0. The van der Waals surface area contributed by atoms with Crippen molar-refractivity contribution in [3.8, 4) is 40.0 Å². The van der Waals surface area contributed by atoms with Crippen LogP contribution < -0.4 is 10.1 Å². The van der Waals surface area contributed by atoms with Gasteiger partial charge in [0.25, 0.3) is 0 Å². The summed E-state index contributed by atoms with van der Waals surface area (Å²) in [5, 5.41) is 12.8. The van der Waals surface area contributed by atoms with E-state index < -0.39 is 0 Å². The fraction of sp³-hybridized carbons (Fsp3) is 0. The van der Waals surface area contributed by atoms with Crippen LogP contribution in [0.1, 0.15) is 5.56 Å². The van der Waals surface area contributed by atoms with Gasteiger partial charge in [-0.3, -0.25) is 4.79 Å². The fourth-order valence-corrected chi connectivity index (χ4v) is 3.82. The van der Waals surface area contributed by atoms with Crippen molar-refractivity contribution in [3.05, 3.63) is 110 Å². The standard InChI is InChI=1S/C29H19N5O2/c1-2-27(35)34-24-5-3-4-21(14-24)26-15-22(13-23-17-31-18-33-29(23)26)20-6-8-25(9-7-20)36-28-12-19(16-30)10-11-32-28/h2-15,17-18H,1H2,(H,34,35). The normalized spacial score (nSPS) is 10.4. The van der Waals surface area contributed by atoms with Crippen molar-refractivity contribution in [1.82, 2.24) is 15.0 Å². The van der Waals surface area contributed by atoms with E-state index in [9.17, 15) is 4.79 Å². The quantitative estimate of drug-likeness (QED) is 0.300. The molecular formula is C29H19N5O2. The fourth-order valence-electron chi connectivity index (χ4n) is 3.82. The zero-order valence-electron chi connectivity index (χ0n) is 19.1. The summed E-state index contributed by atoms with van der Waals surface area (Å²) in [7, 11) is 0. The number of nitrogens with zero attached hydrogens (tertiary/aromatic N) is 4. The molecule has 0 spiro atoms. The second-order valence-corrected chi connectivity index (χ2v) is 7.88. The summed E-state index contributed by atoms with van der Waals surface area (Å²) in [6, 6.07) is 24.6. The number of pyridine rings is 1. The van der Waals surface area contributed by atoms with Crippen LogP contribution in [0.4, 0.5) is 5.69 Å². The molecule has 7 heteroatoms. The van der Waals surface area contributed by atoms with E-state index in [1.54, 1.807) is 24.5 Å². The minimum absolute atomic E-state index is 0.273. The molecule has 0 unspecified atom stereocenters. The number of benzene rings is 3. The highest BCUT2D eigenvalue weighted by Gasteiger charge is 2.11. The van der Waals surface area contributed by atoms with E-state index in [-0.39, 0.29) is 5.91 Å². The predicted molar refractivity (Wildman–Crippen MR) is 138 cm³/mol. The maximum absolute atomic E-state index is 11.8. The van der Waals surface area contributed by atoms with Gasteiger partial charge in [-0.2, -0.15) is 5.26 Å². The Labute approximate surface area is 207 Å². The van der Waals surface area contributed by atoms with Crippen molar-refractivity contribution in [2.45, 2.75) is 0 Å². The first-order chi connectivity index (χ1) is 17.6. The van der Waals surface area contributed by atoms with Crippen LogP contribution in [0.2, 0.25) is 0 Å². The topological polar surface area (TPSA) is 101 Å². The van der Waals surface area contributed by atoms with Crippen molar-refractivity contribution in [3.63, 3.8) is 0 Å². The number of carbonyl (C=O) groups is 1. The first-order valence-corrected chi connectivity index (χ1v) is 11.0. The van der Waals surface area contributed by atoms with Crippen LogP contribution in [0.25, 0.3) is 33.2 Å². The van der Waals surface area contributed by atoms with E-state index in [0.29, 0.717) is 22.9 Å². The second kappa shape index (κ2) is 9.87. The number of anilines is 1. The zero-order chi connectivity index (χ0) is 24.9. The molecule has 5 aromatic rings. The van der Waals surface area contributed by atoms with Gasteiger partial charge >= 0.3 is 0 Å². The number of ether oxygens (including phenoxy) is 1. The molecule has 1 amide bonds. The van der Waals surface area contributed by atoms with Gasteiger partial charge in [0, 0.05) is 35.1 Å². The third-order valence-corrected chi connectivity index (χ3v) is 5.51. The monoisotopic (exact) mass is 469 g/mol. The van der Waals surface area contributed by atoms with Crippen LogP contribution >= 0.6 is 0 Å². The van der Waals surface area contributed by atoms with E-state index in [1.807, 2.05) is 54.6 Å². The SMILES string of the molecule is C=CC(=O)Nc1cccc(-c2cc(-c3ccc(Oc4cc(C#N)ccn4)cc3)cc3cncnc23)c1. The Bertz CT molecular complexity index is 1640. The minimum atomic E-state index is -0.273. The van der Waals surface area contributed by atoms with Crippen LogP contribution in [-0.2, 0) is 4.79 Å². The molecule has 0 fully saturated rings. The lowest BCUT2D eigenvalue weighted by Gasteiger charge is -2.12. The van der Waals surface area contributed by atoms with E-state index in [4.69, 9.17) is 10.00 Å². The summed E-state index contributed by atoms with van der Waals surface area (Å²) in [5.74, 6) is 0.691. The van der Waals surface area contributed by atoms with Crippen LogP contribution in [0.15, 0.2) is 104 Å². The maximum atomic E-state index is 11.8. The molecule has 2 heterocycles. The molecule has 0 aliphatic heterocycles. The number of fused-ring (bicyclic) bond motifs is 1. The highest BCUT2D eigenvalue weighted by atomic mass is 16.5. The first kappa shape index (κ1) is 22.4. The van der Waals surface area contributed by atoms with Crippen LogP contribution in [-0.4, -0.2) is 20.9 Å². The third-order valence-electron chi connectivity index (χ3n) is 5.51. The number of hydrogen-bond donors (Lipinski definition) is 1. The number of amides is 1. The molecular weight excluding hydrogens is 450 g/mol. The van der Waals surface area contributed by atoms with Gasteiger partial charge in [0.1, 0.15) is 12.1 Å². The Morgan fingerprint density at radius 2 is 1.83 bits per heavy atom. The van der Waals surface area contributed by atoms with Gasteiger partial charge in [0.05, 0.1) is 17.1 Å². The molecule has 2 aromatic heterocycles. The molecule has 7 nitrogen and oxygen atoms in total. The van der Waals surface area contributed by atoms with Gasteiger partial charge in [-0.15, -0.1) is 0 Å². The van der Waals surface area contributed by atoms with Crippen molar-refractivity contribution in [2.24, 2.45) is 0 Å². The van der Waals surface area contributed by atoms with Crippen LogP contribution in [0.3, 0.4) is 0 Å². The van der Waals surface area contributed by atoms with Gasteiger partial charge in [0.15, 0.2) is 0 Å². The smallest absolute Gasteiger partial charge is 0.247 e. The molecule has 1 N–H and O–H groups in total. The lowest BCUT2D eigenvalue weighted by Crippen LogP contribution is -2.07. The number of rotatable bonds is 6. The van der Waals surface area contributed by atoms with Crippen molar-refractivity contribution in [1.29, 1.82) is 5.26 Å². The largest absolute Gasteiger partial charge is 0.439 e. The molecule has 0 saturated heterocycles. The van der Waals surface area contributed by atoms with E-state index in [2.05, 4.69) is 39.0 Å². The summed E-state index contributed by atoms with van der Waals surface area (Å²) in [6.07, 6.45) is 6.08. The number of carbonyl (C=O) groups excluding carboxylic acids is 1. The van der Waals surface area contributed by atoms with Gasteiger partial charge in [0.2, 0.25) is 11.8 Å². The number of nitriles is 1. The molecule has 172 valence electrons. The number of aromatic nitrogens is 3. The van der Waals surface area contributed by atoms with Gasteiger partial charge < -0.3 is 10.1 Å². The molecule has 36 heavy (non-hydrogen) atoms. The Kier molecular flexibility index (Phi) is 6.15. The van der Waals surface area contributed by atoms with Crippen LogP contribution in [0, 0.1) is 11.3 Å². The molecule has 0 aliphatic carbocycles.